The predicted molar refractivity (Wildman–Crippen MR) is 129 cm³/mol. The van der Waals surface area contributed by atoms with Crippen LogP contribution in [0.1, 0.15) is 40.1 Å². The lowest BCUT2D eigenvalue weighted by molar-refractivity contribution is -0.126. The highest BCUT2D eigenvalue weighted by Gasteiger charge is 2.46. The molecule has 35 heavy (non-hydrogen) atoms. The maximum Gasteiger partial charge on any atom is 0.411 e. The molecule has 1 saturated heterocycles. The van der Waals surface area contributed by atoms with E-state index in [0.717, 1.165) is 5.56 Å². The van der Waals surface area contributed by atoms with Crippen LogP contribution < -0.4 is 10.6 Å². The Kier molecular flexibility index (Phi) is 7.10. The average molecular weight is 476 g/mol. The number of carbonyl (C=O) groups excluding carboxylic acids is 3. The summed E-state index contributed by atoms with van der Waals surface area (Å²) < 4.78 is 19.0. The van der Waals surface area contributed by atoms with Crippen molar-refractivity contribution in [3.8, 4) is 0 Å². The topological polar surface area (TPSA) is 87.7 Å². The molecule has 0 saturated carbocycles. The van der Waals surface area contributed by atoms with Crippen LogP contribution >= 0.6 is 0 Å². The summed E-state index contributed by atoms with van der Waals surface area (Å²) in [5.41, 5.74) is 3.30. The molecule has 0 aromatic heterocycles. The zero-order valence-electron chi connectivity index (χ0n) is 19.5. The highest BCUT2D eigenvalue weighted by Crippen LogP contribution is 2.35. The molecule has 0 unspecified atom stereocenters. The number of nitrogens with zero attached hydrogens (tertiary/aromatic N) is 1. The average Bonchev–Trinajstić information content (AvgIpc) is 3.17. The van der Waals surface area contributed by atoms with Crippen LogP contribution in [0.25, 0.3) is 0 Å². The Morgan fingerprint density at radius 1 is 1.03 bits per heavy atom. The Labute approximate surface area is 202 Å². The first-order valence-electron chi connectivity index (χ1n) is 11.3. The third-order valence-corrected chi connectivity index (χ3v) is 5.76. The van der Waals surface area contributed by atoms with Gasteiger partial charge in [0.25, 0.3) is 5.91 Å². The third kappa shape index (κ3) is 5.48. The van der Waals surface area contributed by atoms with Crippen LogP contribution in [-0.2, 0) is 16.1 Å². The number of benzene rings is 3. The summed E-state index contributed by atoms with van der Waals surface area (Å²) in [6.07, 6.45) is -1.53. The zero-order valence-corrected chi connectivity index (χ0v) is 19.5. The molecule has 7 nitrogen and oxygen atoms in total. The van der Waals surface area contributed by atoms with Gasteiger partial charge in [-0.1, -0.05) is 42.0 Å². The summed E-state index contributed by atoms with van der Waals surface area (Å²) in [6.45, 7) is 4.20. The number of ether oxygens (including phenoxy) is 1. The van der Waals surface area contributed by atoms with Gasteiger partial charge in [0.15, 0.2) is 12.1 Å². The molecule has 1 fully saturated rings. The van der Waals surface area contributed by atoms with Crippen molar-refractivity contribution in [1.82, 2.24) is 10.2 Å². The molecule has 4 rings (SSSR count). The molecule has 1 aliphatic heterocycles. The smallest absolute Gasteiger partial charge is 0.411 e. The second-order valence-corrected chi connectivity index (χ2v) is 8.34. The first kappa shape index (κ1) is 23.9. The van der Waals surface area contributed by atoms with Crippen molar-refractivity contribution in [2.45, 2.75) is 32.5 Å². The highest BCUT2D eigenvalue weighted by molar-refractivity contribution is 6.04. The van der Waals surface area contributed by atoms with Gasteiger partial charge in [-0.15, -0.1) is 0 Å². The van der Waals surface area contributed by atoms with Crippen molar-refractivity contribution in [2.75, 3.05) is 11.9 Å². The molecule has 3 aromatic carbocycles. The highest BCUT2D eigenvalue weighted by atomic mass is 19.1. The largest absolute Gasteiger partial charge is 0.438 e. The lowest BCUT2D eigenvalue weighted by Crippen LogP contribution is -2.46. The number of amides is 3. The van der Waals surface area contributed by atoms with Crippen LogP contribution in [-0.4, -0.2) is 35.4 Å². The fraction of sp³-hybridized carbons (Fsp3) is 0.222. The molecule has 0 aliphatic carbocycles. The molecular formula is C27H26FN3O4. The van der Waals surface area contributed by atoms with Crippen LogP contribution in [0.2, 0.25) is 0 Å². The van der Waals surface area contributed by atoms with E-state index in [9.17, 15) is 18.8 Å². The summed E-state index contributed by atoms with van der Waals surface area (Å²) in [6, 6.07) is 18.9. The Bertz CT molecular complexity index is 1230. The summed E-state index contributed by atoms with van der Waals surface area (Å²) in [5, 5.41) is 5.61. The quantitative estimate of drug-likeness (QED) is 0.524. The fourth-order valence-electron chi connectivity index (χ4n) is 3.98. The molecule has 2 N–H and O–H groups in total. The minimum atomic E-state index is -0.935. The van der Waals surface area contributed by atoms with Crippen molar-refractivity contribution >= 4 is 23.6 Å². The number of nitrogens with one attached hydrogen (secondary N) is 2. The van der Waals surface area contributed by atoms with Gasteiger partial charge < -0.3 is 15.4 Å². The Morgan fingerprint density at radius 2 is 1.74 bits per heavy atom. The first-order valence-corrected chi connectivity index (χ1v) is 11.3. The minimum absolute atomic E-state index is 0.0846. The van der Waals surface area contributed by atoms with Crippen molar-refractivity contribution in [2.24, 2.45) is 0 Å². The zero-order chi connectivity index (χ0) is 24.9. The van der Waals surface area contributed by atoms with E-state index in [-0.39, 0.29) is 24.2 Å². The van der Waals surface area contributed by atoms with Gasteiger partial charge in [-0.3, -0.25) is 14.5 Å². The van der Waals surface area contributed by atoms with E-state index in [2.05, 4.69) is 10.6 Å². The number of carbonyl (C=O) groups is 3. The SMILES string of the molecule is CCNC(=O)[C@H]1[C@@H](c2cccc(NC(=O)c3ccc(C)cc3)c2)OC(=O)N1Cc1ccc(F)cc1. The number of aryl methyl sites for hydroxylation is 1. The molecular weight excluding hydrogens is 449 g/mol. The van der Waals surface area contributed by atoms with Crippen molar-refractivity contribution < 1.29 is 23.5 Å². The maximum absolute atomic E-state index is 13.3. The minimum Gasteiger partial charge on any atom is -0.438 e. The molecule has 3 amide bonds. The van der Waals surface area contributed by atoms with Gasteiger partial charge in [-0.2, -0.15) is 0 Å². The number of halogens is 1. The monoisotopic (exact) mass is 475 g/mol. The summed E-state index contributed by atoms with van der Waals surface area (Å²) >= 11 is 0. The molecule has 0 radical (unpaired) electrons. The van der Waals surface area contributed by atoms with Crippen LogP contribution in [0.3, 0.4) is 0 Å². The number of rotatable bonds is 7. The molecule has 2 atom stereocenters. The van der Waals surface area contributed by atoms with Gasteiger partial charge in [0.1, 0.15) is 5.82 Å². The second kappa shape index (κ2) is 10.4. The molecule has 8 heteroatoms. The van der Waals surface area contributed by atoms with Crippen molar-refractivity contribution in [1.29, 1.82) is 0 Å². The van der Waals surface area contributed by atoms with Gasteiger partial charge >= 0.3 is 6.09 Å². The van der Waals surface area contributed by atoms with E-state index in [1.807, 2.05) is 19.1 Å². The van der Waals surface area contributed by atoms with Crippen LogP contribution in [0.5, 0.6) is 0 Å². The molecule has 0 spiro atoms. The van der Waals surface area contributed by atoms with Crippen molar-refractivity contribution in [3.05, 3.63) is 101 Å². The maximum atomic E-state index is 13.3. The fourth-order valence-corrected chi connectivity index (χ4v) is 3.98. The summed E-state index contributed by atoms with van der Waals surface area (Å²) in [5.74, 6) is -1.02. The Hall–Kier alpha value is -4.20. The van der Waals surface area contributed by atoms with E-state index in [1.165, 1.54) is 17.0 Å². The van der Waals surface area contributed by atoms with E-state index >= 15 is 0 Å². The summed E-state index contributed by atoms with van der Waals surface area (Å²) in [4.78, 5) is 39.8. The molecule has 1 heterocycles. The second-order valence-electron chi connectivity index (χ2n) is 8.34. The third-order valence-electron chi connectivity index (χ3n) is 5.76. The van der Waals surface area contributed by atoms with Crippen LogP contribution in [0.15, 0.2) is 72.8 Å². The molecule has 180 valence electrons. The van der Waals surface area contributed by atoms with E-state index < -0.39 is 18.2 Å². The van der Waals surface area contributed by atoms with Gasteiger partial charge in [0, 0.05) is 17.8 Å². The number of likely N-dealkylation sites (N-methyl/N-ethyl adjacent to an activating group) is 1. The normalized spacial score (nSPS) is 17.1. The lowest BCUT2D eigenvalue weighted by Gasteiger charge is -2.24. The van der Waals surface area contributed by atoms with E-state index in [1.54, 1.807) is 55.5 Å². The van der Waals surface area contributed by atoms with Crippen LogP contribution in [0.4, 0.5) is 14.9 Å². The lowest BCUT2D eigenvalue weighted by atomic mass is 10.00. The Balaban J connectivity index is 1.58. The Morgan fingerprint density at radius 3 is 2.43 bits per heavy atom. The predicted octanol–water partition coefficient (Wildman–Crippen LogP) is 4.58. The van der Waals surface area contributed by atoms with Crippen molar-refractivity contribution in [3.63, 3.8) is 0 Å². The molecule has 3 aromatic rings. The van der Waals surface area contributed by atoms with Gasteiger partial charge in [0.2, 0.25) is 5.91 Å². The van der Waals surface area contributed by atoms with Gasteiger partial charge in [-0.25, -0.2) is 9.18 Å². The first-order chi connectivity index (χ1) is 16.9. The number of cyclic esters (lactones) is 1. The number of hydrogen-bond acceptors (Lipinski definition) is 4. The van der Waals surface area contributed by atoms with Crippen LogP contribution in [0, 0.1) is 12.7 Å². The number of hydrogen-bond donors (Lipinski definition) is 2. The number of anilines is 1. The van der Waals surface area contributed by atoms with E-state index in [0.29, 0.717) is 28.9 Å². The van der Waals surface area contributed by atoms with Gasteiger partial charge in [0.05, 0.1) is 6.54 Å². The summed E-state index contributed by atoms with van der Waals surface area (Å²) in [7, 11) is 0. The molecule has 1 aliphatic rings. The van der Waals surface area contributed by atoms with E-state index in [4.69, 9.17) is 4.74 Å². The van der Waals surface area contributed by atoms with Gasteiger partial charge in [-0.05, 0) is 61.4 Å². The standard InChI is InChI=1S/C27H26FN3O4/c1-3-29-26(33)23-24(35-27(34)31(23)16-18-9-13-21(28)14-10-18)20-5-4-6-22(15-20)30-25(32)19-11-7-17(2)8-12-19/h4-15,23-24H,3,16H2,1-2H3,(H,29,33)(H,30,32)/t23-,24-/m1/s1. The molecule has 0 bridgehead atoms.